The first kappa shape index (κ1) is 13.5. The van der Waals surface area contributed by atoms with Gasteiger partial charge in [-0.3, -0.25) is 0 Å². The van der Waals surface area contributed by atoms with Gasteiger partial charge in [0.05, 0.1) is 5.25 Å². The molecule has 0 aromatic heterocycles. The topological polar surface area (TPSA) is 60.2 Å². The van der Waals surface area contributed by atoms with Crippen molar-refractivity contribution in [2.45, 2.75) is 24.6 Å². The molecule has 1 aromatic rings. The van der Waals surface area contributed by atoms with Gasteiger partial charge in [-0.1, -0.05) is 29.8 Å². The lowest BCUT2D eigenvalue weighted by Gasteiger charge is -2.18. The van der Waals surface area contributed by atoms with Gasteiger partial charge in [-0.2, -0.15) is 0 Å². The molecule has 90 valence electrons. The predicted octanol–water partition coefficient (Wildman–Crippen LogP) is 1.64. The van der Waals surface area contributed by atoms with E-state index >= 15 is 0 Å². The van der Waals surface area contributed by atoms with Gasteiger partial charge in [-0.15, -0.1) is 0 Å². The second-order valence-corrected chi connectivity index (χ2v) is 6.80. The Morgan fingerprint density at radius 3 is 2.44 bits per heavy atom. The van der Waals surface area contributed by atoms with E-state index in [1.165, 1.54) is 6.26 Å². The van der Waals surface area contributed by atoms with Crippen LogP contribution < -0.4 is 5.73 Å². The number of nitrogens with two attached hydrogens (primary N) is 1. The molecule has 2 unspecified atom stereocenters. The van der Waals surface area contributed by atoms with Crippen LogP contribution in [0.15, 0.2) is 24.3 Å². The summed E-state index contributed by atoms with van der Waals surface area (Å²) in [5.74, 6) is 0. The average molecular weight is 262 g/mol. The number of sulfone groups is 1. The molecule has 16 heavy (non-hydrogen) atoms. The number of hydrogen-bond acceptors (Lipinski definition) is 3. The maximum absolute atomic E-state index is 11.3. The fourth-order valence-corrected chi connectivity index (χ4v) is 2.35. The van der Waals surface area contributed by atoms with E-state index in [9.17, 15) is 8.42 Å². The summed E-state index contributed by atoms with van der Waals surface area (Å²) in [6.45, 7) is 1.62. The lowest BCUT2D eigenvalue weighted by atomic mass is 10.0. The molecule has 0 aliphatic carbocycles. The third kappa shape index (κ3) is 3.47. The Morgan fingerprint density at radius 1 is 1.38 bits per heavy atom. The first-order valence-corrected chi connectivity index (χ1v) is 7.33. The summed E-state index contributed by atoms with van der Waals surface area (Å²) < 4.78 is 22.7. The highest BCUT2D eigenvalue weighted by Gasteiger charge is 2.23. The van der Waals surface area contributed by atoms with Crippen LogP contribution in [0.25, 0.3) is 0 Å². The molecule has 0 radical (unpaired) electrons. The first-order chi connectivity index (χ1) is 7.32. The van der Waals surface area contributed by atoms with Gasteiger partial charge in [0.2, 0.25) is 0 Å². The van der Waals surface area contributed by atoms with Crippen molar-refractivity contribution < 1.29 is 8.42 Å². The molecule has 2 atom stereocenters. The van der Waals surface area contributed by atoms with Crippen LogP contribution in [0.1, 0.15) is 12.5 Å². The number of hydrogen-bond donors (Lipinski definition) is 1. The second-order valence-electron chi connectivity index (χ2n) is 3.99. The summed E-state index contributed by atoms with van der Waals surface area (Å²) in [4.78, 5) is 0. The van der Waals surface area contributed by atoms with E-state index < -0.39 is 21.1 Å². The van der Waals surface area contributed by atoms with Crippen LogP contribution in [0, 0.1) is 0 Å². The van der Waals surface area contributed by atoms with Gasteiger partial charge in [-0.05, 0) is 25.0 Å². The standard InChI is InChI=1S/C11H16ClNO2S/c1-8(16(2,14)15)11(13)7-9-5-3-4-6-10(9)12/h3-6,8,11H,7,13H2,1-2H3. The molecular formula is C11H16ClNO2S. The van der Waals surface area contributed by atoms with Crippen LogP contribution in [0.2, 0.25) is 5.02 Å². The number of halogens is 1. The average Bonchev–Trinajstić information content (AvgIpc) is 2.19. The molecule has 0 saturated heterocycles. The summed E-state index contributed by atoms with van der Waals surface area (Å²) >= 11 is 5.98. The Balaban J connectivity index is 2.80. The molecule has 0 heterocycles. The van der Waals surface area contributed by atoms with Gasteiger partial charge < -0.3 is 5.73 Å². The zero-order chi connectivity index (χ0) is 12.3. The van der Waals surface area contributed by atoms with E-state index in [0.29, 0.717) is 11.4 Å². The van der Waals surface area contributed by atoms with Crippen molar-refractivity contribution in [3.8, 4) is 0 Å². The Labute approximate surface area is 102 Å². The molecule has 3 nitrogen and oxygen atoms in total. The fourth-order valence-electron chi connectivity index (χ4n) is 1.40. The molecule has 2 N–H and O–H groups in total. The van der Waals surface area contributed by atoms with Crippen LogP contribution in [-0.4, -0.2) is 26.0 Å². The summed E-state index contributed by atoms with van der Waals surface area (Å²) in [6, 6.07) is 6.89. The van der Waals surface area contributed by atoms with Gasteiger partial charge in [0.25, 0.3) is 0 Å². The van der Waals surface area contributed by atoms with Crippen LogP contribution in [0.3, 0.4) is 0 Å². The Bertz CT molecular complexity index is 459. The van der Waals surface area contributed by atoms with Crippen molar-refractivity contribution in [3.05, 3.63) is 34.9 Å². The third-order valence-corrected chi connectivity index (χ3v) is 4.76. The van der Waals surface area contributed by atoms with Crippen LogP contribution in [0.4, 0.5) is 0 Å². The SMILES string of the molecule is CC(C(N)Cc1ccccc1Cl)S(C)(=O)=O. The Morgan fingerprint density at radius 2 is 1.94 bits per heavy atom. The fraction of sp³-hybridized carbons (Fsp3) is 0.455. The normalized spacial score (nSPS) is 15.8. The summed E-state index contributed by atoms with van der Waals surface area (Å²) in [7, 11) is -3.10. The summed E-state index contributed by atoms with van der Waals surface area (Å²) in [5, 5.41) is 0.0578. The minimum absolute atomic E-state index is 0.435. The number of benzene rings is 1. The zero-order valence-corrected chi connectivity index (χ0v) is 10.9. The quantitative estimate of drug-likeness (QED) is 0.896. The van der Waals surface area contributed by atoms with E-state index in [1.807, 2.05) is 18.2 Å². The van der Waals surface area contributed by atoms with Gasteiger partial charge in [0.1, 0.15) is 0 Å². The lowest BCUT2D eigenvalue weighted by molar-refractivity contribution is 0.562. The molecule has 1 rings (SSSR count). The highest BCUT2D eigenvalue weighted by Crippen LogP contribution is 2.18. The second kappa shape index (κ2) is 5.17. The largest absolute Gasteiger partial charge is 0.326 e. The molecule has 0 spiro atoms. The van der Waals surface area contributed by atoms with Crippen molar-refractivity contribution in [2.75, 3.05) is 6.26 Å². The Hall–Kier alpha value is -0.580. The molecule has 0 fully saturated rings. The van der Waals surface area contributed by atoms with E-state index in [-0.39, 0.29) is 0 Å². The summed E-state index contributed by atoms with van der Waals surface area (Å²) in [5.41, 5.74) is 6.75. The lowest BCUT2D eigenvalue weighted by Crippen LogP contribution is -2.39. The maximum atomic E-state index is 11.3. The van der Waals surface area contributed by atoms with Crippen molar-refractivity contribution >= 4 is 21.4 Å². The summed E-state index contributed by atoms with van der Waals surface area (Å²) in [6.07, 6.45) is 1.66. The van der Waals surface area contributed by atoms with Crippen molar-refractivity contribution in [1.82, 2.24) is 0 Å². The molecule has 0 aliphatic heterocycles. The van der Waals surface area contributed by atoms with Gasteiger partial charge in [-0.25, -0.2) is 8.42 Å². The molecular weight excluding hydrogens is 246 g/mol. The van der Waals surface area contributed by atoms with Crippen LogP contribution >= 0.6 is 11.6 Å². The minimum Gasteiger partial charge on any atom is -0.326 e. The van der Waals surface area contributed by atoms with E-state index in [4.69, 9.17) is 17.3 Å². The Kier molecular flexibility index (Phi) is 4.35. The van der Waals surface area contributed by atoms with Crippen LogP contribution in [0.5, 0.6) is 0 Å². The van der Waals surface area contributed by atoms with Gasteiger partial charge >= 0.3 is 0 Å². The monoisotopic (exact) mass is 261 g/mol. The predicted molar refractivity (Wildman–Crippen MR) is 67.4 cm³/mol. The van der Waals surface area contributed by atoms with E-state index in [0.717, 1.165) is 5.56 Å². The zero-order valence-electron chi connectivity index (χ0n) is 9.35. The van der Waals surface area contributed by atoms with E-state index in [1.54, 1.807) is 13.0 Å². The molecule has 0 aliphatic rings. The van der Waals surface area contributed by atoms with Crippen molar-refractivity contribution in [2.24, 2.45) is 5.73 Å². The van der Waals surface area contributed by atoms with Gasteiger partial charge in [0.15, 0.2) is 9.84 Å². The van der Waals surface area contributed by atoms with Crippen molar-refractivity contribution in [1.29, 1.82) is 0 Å². The molecule has 0 amide bonds. The van der Waals surface area contributed by atoms with Gasteiger partial charge in [0, 0.05) is 17.3 Å². The molecule has 0 bridgehead atoms. The molecule has 1 aromatic carbocycles. The van der Waals surface area contributed by atoms with Crippen LogP contribution in [-0.2, 0) is 16.3 Å². The third-order valence-electron chi connectivity index (χ3n) is 2.69. The molecule has 0 saturated carbocycles. The highest BCUT2D eigenvalue weighted by molar-refractivity contribution is 7.91. The highest BCUT2D eigenvalue weighted by atomic mass is 35.5. The number of rotatable bonds is 4. The van der Waals surface area contributed by atoms with Crippen molar-refractivity contribution in [3.63, 3.8) is 0 Å². The first-order valence-electron chi connectivity index (χ1n) is 5.00. The molecule has 5 heteroatoms. The minimum atomic E-state index is -3.10. The van der Waals surface area contributed by atoms with E-state index in [2.05, 4.69) is 0 Å². The maximum Gasteiger partial charge on any atom is 0.151 e. The smallest absolute Gasteiger partial charge is 0.151 e.